The number of pyridine rings is 1. The molecule has 25 heavy (non-hydrogen) atoms. The van der Waals surface area contributed by atoms with Crippen molar-refractivity contribution in [3.05, 3.63) is 66.4 Å². The van der Waals surface area contributed by atoms with Gasteiger partial charge in [-0.2, -0.15) is 5.26 Å². The van der Waals surface area contributed by atoms with Crippen molar-refractivity contribution in [2.45, 2.75) is 0 Å². The van der Waals surface area contributed by atoms with E-state index in [9.17, 15) is 5.26 Å². The van der Waals surface area contributed by atoms with Crippen LogP contribution in [0.15, 0.2) is 60.8 Å². The molecule has 4 rings (SSSR count). The molecule has 2 aromatic carbocycles. The summed E-state index contributed by atoms with van der Waals surface area (Å²) >= 11 is 0. The molecule has 0 radical (unpaired) electrons. The SMILES string of the molecule is N#Cc1c(-c2c[nH]c3ccccc23)cc(-c2cccc(N)c2)nc1N. The minimum Gasteiger partial charge on any atom is -0.399 e. The quantitative estimate of drug-likeness (QED) is 0.485. The van der Waals surface area contributed by atoms with E-state index >= 15 is 0 Å². The Kier molecular flexibility index (Phi) is 3.37. The first-order valence-corrected chi connectivity index (χ1v) is 7.80. The number of nitrogens with two attached hydrogens (primary N) is 2. The number of nitrogens with one attached hydrogen (secondary N) is 1. The number of H-pyrrole nitrogens is 1. The average Bonchev–Trinajstić information content (AvgIpc) is 3.05. The Balaban J connectivity index is 2.00. The summed E-state index contributed by atoms with van der Waals surface area (Å²) in [4.78, 5) is 7.63. The molecule has 0 saturated heterocycles. The van der Waals surface area contributed by atoms with Crippen LogP contribution in [0, 0.1) is 11.3 Å². The van der Waals surface area contributed by atoms with E-state index in [-0.39, 0.29) is 5.82 Å². The van der Waals surface area contributed by atoms with Gasteiger partial charge in [-0.1, -0.05) is 30.3 Å². The van der Waals surface area contributed by atoms with Gasteiger partial charge >= 0.3 is 0 Å². The molecule has 0 amide bonds. The van der Waals surface area contributed by atoms with Crippen molar-refractivity contribution < 1.29 is 0 Å². The number of nitrogens with zero attached hydrogens (tertiary/aromatic N) is 2. The highest BCUT2D eigenvalue weighted by Gasteiger charge is 2.16. The Labute approximate surface area is 144 Å². The Hall–Kier alpha value is -3.78. The van der Waals surface area contributed by atoms with Crippen LogP contribution >= 0.6 is 0 Å². The summed E-state index contributed by atoms with van der Waals surface area (Å²) in [7, 11) is 0. The number of anilines is 2. The zero-order valence-corrected chi connectivity index (χ0v) is 13.3. The lowest BCUT2D eigenvalue weighted by atomic mass is 9.98. The molecule has 0 bridgehead atoms. The van der Waals surface area contributed by atoms with Crippen molar-refractivity contribution >= 4 is 22.4 Å². The van der Waals surface area contributed by atoms with E-state index in [4.69, 9.17) is 11.5 Å². The third kappa shape index (κ3) is 2.46. The third-order valence-electron chi connectivity index (χ3n) is 4.22. The molecule has 2 aromatic heterocycles. The number of aromatic nitrogens is 2. The predicted octanol–water partition coefficient (Wildman–Crippen LogP) is 3.93. The fourth-order valence-electron chi connectivity index (χ4n) is 3.03. The van der Waals surface area contributed by atoms with Crippen molar-refractivity contribution in [2.75, 3.05) is 11.5 Å². The first-order chi connectivity index (χ1) is 12.2. The number of benzene rings is 2. The maximum absolute atomic E-state index is 9.58. The maximum Gasteiger partial charge on any atom is 0.142 e. The second-order valence-corrected chi connectivity index (χ2v) is 5.80. The van der Waals surface area contributed by atoms with Crippen molar-refractivity contribution in [3.63, 3.8) is 0 Å². The normalized spacial score (nSPS) is 10.7. The highest BCUT2D eigenvalue weighted by atomic mass is 14.8. The van der Waals surface area contributed by atoms with Crippen LogP contribution in [-0.2, 0) is 0 Å². The molecular formula is C20H15N5. The van der Waals surface area contributed by atoms with Gasteiger partial charge in [0.05, 0.1) is 5.69 Å². The van der Waals surface area contributed by atoms with E-state index < -0.39 is 0 Å². The van der Waals surface area contributed by atoms with Gasteiger partial charge in [-0.25, -0.2) is 4.98 Å². The molecule has 5 heteroatoms. The second-order valence-electron chi connectivity index (χ2n) is 5.80. The molecule has 0 fully saturated rings. The van der Waals surface area contributed by atoms with Crippen LogP contribution in [0.5, 0.6) is 0 Å². The highest BCUT2D eigenvalue weighted by Crippen LogP contribution is 2.35. The maximum atomic E-state index is 9.58. The number of nitriles is 1. The summed E-state index contributed by atoms with van der Waals surface area (Å²) in [6.45, 7) is 0. The topological polar surface area (TPSA) is 105 Å². The number of aromatic amines is 1. The van der Waals surface area contributed by atoms with Crippen LogP contribution in [0.3, 0.4) is 0 Å². The van der Waals surface area contributed by atoms with E-state index in [1.165, 1.54) is 0 Å². The smallest absolute Gasteiger partial charge is 0.142 e. The summed E-state index contributed by atoms with van der Waals surface area (Å²) in [6.07, 6.45) is 1.89. The third-order valence-corrected chi connectivity index (χ3v) is 4.22. The van der Waals surface area contributed by atoms with Crippen LogP contribution in [0.2, 0.25) is 0 Å². The zero-order valence-electron chi connectivity index (χ0n) is 13.3. The van der Waals surface area contributed by atoms with Crippen LogP contribution in [0.4, 0.5) is 11.5 Å². The van der Waals surface area contributed by atoms with E-state index in [1.807, 2.05) is 60.8 Å². The Bertz CT molecular complexity index is 1130. The molecule has 0 spiro atoms. The van der Waals surface area contributed by atoms with Gasteiger partial charge in [0.25, 0.3) is 0 Å². The standard InChI is InChI=1S/C20H15N5/c21-10-16-15(17-11-24-18-7-2-1-6-14(17)18)9-19(25-20(16)23)12-4-3-5-13(22)8-12/h1-9,11,24H,22H2,(H2,23,25). The molecule has 0 aliphatic carbocycles. The van der Waals surface area contributed by atoms with Gasteiger partial charge in [0.15, 0.2) is 0 Å². The summed E-state index contributed by atoms with van der Waals surface area (Å²) < 4.78 is 0. The summed E-state index contributed by atoms with van der Waals surface area (Å²) in [5.41, 5.74) is 17.2. The second kappa shape index (κ2) is 5.69. The summed E-state index contributed by atoms with van der Waals surface area (Å²) in [5.74, 6) is 0.211. The van der Waals surface area contributed by atoms with Crippen LogP contribution in [0.25, 0.3) is 33.3 Å². The van der Waals surface area contributed by atoms with Gasteiger partial charge in [-0.15, -0.1) is 0 Å². The Morgan fingerprint density at radius 1 is 0.960 bits per heavy atom. The zero-order chi connectivity index (χ0) is 17.4. The minimum atomic E-state index is 0.211. The van der Waals surface area contributed by atoms with Crippen LogP contribution in [0.1, 0.15) is 5.56 Å². The van der Waals surface area contributed by atoms with E-state index in [0.717, 1.165) is 27.6 Å². The van der Waals surface area contributed by atoms with Crippen molar-refractivity contribution in [1.29, 1.82) is 5.26 Å². The van der Waals surface area contributed by atoms with E-state index in [1.54, 1.807) is 0 Å². The van der Waals surface area contributed by atoms with Gasteiger partial charge in [0.1, 0.15) is 17.5 Å². The monoisotopic (exact) mass is 325 g/mol. The molecule has 2 heterocycles. The molecule has 5 nitrogen and oxygen atoms in total. The average molecular weight is 325 g/mol. The first kappa shape index (κ1) is 14.8. The lowest BCUT2D eigenvalue weighted by Crippen LogP contribution is -2.00. The number of nitrogen functional groups attached to an aromatic ring is 2. The molecule has 0 saturated carbocycles. The fourth-order valence-corrected chi connectivity index (χ4v) is 3.03. The van der Waals surface area contributed by atoms with Gasteiger partial charge < -0.3 is 16.5 Å². The van der Waals surface area contributed by atoms with Crippen LogP contribution < -0.4 is 11.5 Å². The van der Waals surface area contributed by atoms with Crippen molar-refractivity contribution in [1.82, 2.24) is 9.97 Å². The molecule has 0 aliphatic heterocycles. The number of fused-ring (bicyclic) bond motifs is 1. The van der Waals surface area contributed by atoms with Gasteiger partial charge in [-0.05, 0) is 24.3 Å². The highest BCUT2D eigenvalue weighted by molar-refractivity contribution is 5.98. The van der Waals surface area contributed by atoms with E-state index in [2.05, 4.69) is 16.0 Å². The van der Waals surface area contributed by atoms with Gasteiger partial charge in [0.2, 0.25) is 0 Å². The number of hydrogen-bond donors (Lipinski definition) is 3. The fraction of sp³-hybridized carbons (Fsp3) is 0. The molecule has 0 atom stereocenters. The van der Waals surface area contributed by atoms with E-state index in [0.29, 0.717) is 16.9 Å². The molecule has 0 aliphatic rings. The predicted molar refractivity (Wildman–Crippen MR) is 101 cm³/mol. The summed E-state index contributed by atoms with van der Waals surface area (Å²) in [5, 5.41) is 10.6. The van der Waals surface area contributed by atoms with Crippen molar-refractivity contribution in [2.24, 2.45) is 0 Å². The van der Waals surface area contributed by atoms with Crippen molar-refractivity contribution in [3.8, 4) is 28.5 Å². The number of para-hydroxylation sites is 1. The number of hydrogen-bond acceptors (Lipinski definition) is 4. The summed E-state index contributed by atoms with van der Waals surface area (Å²) in [6, 6.07) is 19.5. The van der Waals surface area contributed by atoms with Gasteiger partial charge in [0, 0.05) is 39.5 Å². The molecule has 4 aromatic rings. The molecule has 5 N–H and O–H groups in total. The lowest BCUT2D eigenvalue weighted by molar-refractivity contribution is 1.31. The molecule has 120 valence electrons. The lowest BCUT2D eigenvalue weighted by Gasteiger charge is -2.10. The first-order valence-electron chi connectivity index (χ1n) is 7.80. The van der Waals surface area contributed by atoms with Gasteiger partial charge in [-0.3, -0.25) is 0 Å². The molecule has 0 unspecified atom stereocenters. The van der Waals surface area contributed by atoms with Crippen LogP contribution in [-0.4, -0.2) is 9.97 Å². The number of rotatable bonds is 2. The minimum absolute atomic E-state index is 0.211. The largest absolute Gasteiger partial charge is 0.399 e. The molecular weight excluding hydrogens is 310 g/mol. The Morgan fingerprint density at radius 3 is 2.60 bits per heavy atom. The Morgan fingerprint density at radius 2 is 1.80 bits per heavy atom.